The predicted molar refractivity (Wildman–Crippen MR) is 78.9 cm³/mol. The van der Waals surface area contributed by atoms with E-state index in [1.807, 2.05) is 0 Å². The number of benzene rings is 1. The topological polar surface area (TPSA) is 32.3 Å². The third kappa shape index (κ3) is 2.66. The van der Waals surface area contributed by atoms with Crippen LogP contribution in [-0.4, -0.2) is 17.3 Å². The summed E-state index contributed by atoms with van der Waals surface area (Å²) in [5.41, 5.74) is 1.31. The van der Waals surface area contributed by atoms with Gasteiger partial charge < -0.3 is 10.4 Å². The first kappa shape index (κ1) is 13.3. The second kappa shape index (κ2) is 4.86. The van der Waals surface area contributed by atoms with Crippen molar-refractivity contribution in [1.82, 2.24) is 5.32 Å². The van der Waals surface area contributed by atoms with Gasteiger partial charge in [0.05, 0.1) is 6.10 Å². The molecule has 0 heterocycles. The molecule has 2 nitrogen and oxygen atoms in total. The van der Waals surface area contributed by atoms with Crippen LogP contribution < -0.4 is 5.32 Å². The predicted octanol–water partition coefficient (Wildman–Crippen LogP) is 3.10. The number of rotatable bonds is 3. The van der Waals surface area contributed by atoms with E-state index in [0.29, 0.717) is 12.1 Å². The first-order chi connectivity index (χ1) is 7.91. The molecule has 1 aliphatic carbocycles. The maximum absolute atomic E-state index is 9.72. The molecule has 0 spiro atoms. The van der Waals surface area contributed by atoms with Gasteiger partial charge in [0.2, 0.25) is 0 Å². The smallest absolute Gasteiger partial charge is 0.0621 e. The molecule has 1 aromatic rings. The molecule has 94 valence electrons. The van der Waals surface area contributed by atoms with Crippen LogP contribution in [0.3, 0.4) is 0 Å². The van der Waals surface area contributed by atoms with E-state index in [1.54, 1.807) is 0 Å². The zero-order chi connectivity index (χ0) is 12.6. The molecule has 0 bridgehead atoms. The van der Waals surface area contributed by atoms with Crippen molar-refractivity contribution in [3.05, 3.63) is 33.4 Å². The quantitative estimate of drug-likeness (QED) is 0.826. The van der Waals surface area contributed by atoms with Crippen molar-refractivity contribution in [3.8, 4) is 0 Å². The van der Waals surface area contributed by atoms with E-state index < -0.39 is 0 Å². The van der Waals surface area contributed by atoms with Crippen molar-refractivity contribution >= 4 is 22.6 Å². The first-order valence-electron chi connectivity index (χ1n) is 6.11. The zero-order valence-electron chi connectivity index (χ0n) is 10.6. The maximum atomic E-state index is 9.72. The molecule has 0 aliphatic heterocycles. The van der Waals surface area contributed by atoms with Gasteiger partial charge in [0.25, 0.3) is 0 Å². The largest absolute Gasteiger partial charge is 0.392 e. The second-order valence-corrected chi connectivity index (χ2v) is 6.81. The lowest BCUT2D eigenvalue weighted by molar-refractivity contribution is -0.0754. The van der Waals surface area contributed by atoms with Gasteiger partial charge in [-0.1, -0.05) is 26.0 Å². The van der Waals surface area contributed by atoms with Crippen LogP contribution in [0, 0.1) is 8.99 Å². The van der Waals surface area contributed by atoms with E-state index in [4.69, 9.17) is 0 Å². The summed E-state index contributed by atoms with van der Waals surface area (Å²) in [6, 6.07) is 9.35. The highest BCUT2D eigenvalue weighted by Gasteiger charge is 2.47. The minimum Gasteiger partial charge on any atom is -0.392 e. The molecule has 1 fully saturated rings. The molecule has 0 amide bonds. The molecule has 1 aliphatic rings. The zero-order valence-corrected chi connectivity index (χ0v) is 12.7. The van der Waals surface area contributed by atoms with Gasteiger partial charge >= 0.3 is 0 Å². The Balaban J connectivity index is 1.98. The number of nitrogens with one attached hydrogen (secondary N) is 1. The molecular formula is C14H20INO. The third-order valence-electron chi connectivity index (χ3n) is 4.04. The summed E-state index contributed by atoms with van der Waals surface area (Å²) in [5.74, 6) is 0. The summed E-state index contributed by atoms with van der Waals surface area (Å²) in [5, 5.41) is 13.3. The minimum absolute atomic E-state index is 0.00252. The van der Waals surface area contributed by atoms with Gasteiger partial charge in [0.15, 0.2) is 0 Å². The minimum atomic E-state index is -0.163. The molecule has 17 heavy (non-hydrogen) atoms. The molecule has 3 heteroatoms. The average Bonchev–Trinajstić information content (AvgIpc) is 2.29. The molecule has 0 aromatic heterocycles. The van der Waals surface area contributed by atoms with Crippen LogP contribution in [0.1, 0.15) is 38.8 Å². The van der Waals surface area contributed by atoms with E-state index in [0.717, 1.165) is 6.42 Å². The van der Waals surface area contributed by atoms with Gasteiger partial charge in [-0.2, -0.15) is 0 Å². The van der Waals surface area contributed by atoms with Crippen LogP contribution in [0.15, 0.2) is 24.3 Å². The highest BCUT2D eigenvalue weighted by atomic mass is 127. The molecule has 3 atom stereocenters. The lowest BCUT2D eigenvalue weighted by Gasteiger charge is -2.50. The number of halogens is 1. The molecule has 1 aromatic carbocycles. The fraction of sp³-hybridized carbons (Fsp3) is 0.571. The summed E-state index contributed by atoms with van der Waals surface area (Å²) >= 11 is 2.32. The fourth-order valence-corrected chi connectivity index (χ4v) is 2.69. The number of hydrogen-bond acceptors (Lipinski definition) is 2. The van der Waals surface area contributed by atoms with Crippen LogP contribution in [0.2, 0.25) is 0 Å². The Morgan fingerprint density at radius 3 is 2.41 bits per heavy atom. The van der Waals surface area contributed by atoms with Crippen molar-refractivity contribution in [2.45, 2.75) is 45.4 Å². The highest BCUT2D eigenvalue weighted by Crippen LogP contribution is 2.41. The normalized spacial score (nSPS) is 28.5. The van der Waals surface area contributed by atoms with Gasteiger partial charge in [0.1, 0.15) is 0 Å². The van der Waals surface area contributed by atoms with Crippen molar-refractivity contribution in [2.75, 3.05) is 0 Å². The van der Waals surface area contributed by atoms with Crippen LogP contribution in [0.25, 0.3) is 0 Å². The Morgan fingerprint density at radius 1 is 1.35 bits per heavy atom. The Kier molecular flexibility index (Phi) is 3.80. The second-order valence-electron chi connectivity index (χ2n) is 5.57. The standard InChI is InChI=1S/C14H20INO/c1-9(10-4-6-11(15)7-5-10)16-12-8-13(17)14(12,2)3/h4-7,9,12-13,16-17H,8H2,1-3H3. The SMILES string of the molecule is CC(NC1CC(O)C1(C)C)c1ccc(I)cc1. The van der Waals surface area contributed by atoms with E-state index in [1.165, 1.54) is 9.13 Å². The van der Waals surface area contributed by atoms with E-state index in [2.05, 4.69) is 72.9 Å². The van der Waals surface area contributed by atoms with Gasteiger partial charge in [-0.15, -0.1) is 0 Å². The Hall–Kier alpha value is -0.130. The van der Waals surface area contributed by atoms with E-state index in [-0.39, 0.29) is 11.5 Å². The summed E-state index contributed by atoms with van der Waals surface area (Å²) in [6.07, 6.45) is 0.700. The third-order valence-corrected chi connectivity index (χ3v) is 4.76. The molecule has 0 saturated heterocycles. The monoisotopic (exact) mass is 345 g/mol. The lowest BCUT2D eigenvalue weighted by atomic mass is 9.64. The summed E-state index contributed by atoms with van der Waals surface area (Å²) in [6.45, 7) is 6.43. The number of hydrogen-bond donors (Lipinski definition) is 2. The summed E-state index contributed by atoms with van der Waals surface area (Å²) in [4.78, 5) is 0. The Bertz CT molecular complexity index is 388. The van der Waals surface area contributed by atoms with Crippen LogP contribution in [-0.2, 0) is 0 Å². The molecular weight excluding hydrogens is 325 g/mol. The highest BCUT2D eigenvalue weighted by molar-refractivity contribution is 14.1. The van der Waals surface area contributed by atoms with Gasteiger partial charge in [0, 0.05) is 21.1 Å². The fourth-order valence-electron chi connectivity index (χ4n) is 2.33. The summed E-state index contributed by atoms with van der Waals surface area (Å²) in [7, 11) is 0. The van der Waals surface area contributed by atoms with Crippen LogP contribution in [0.5, 0.6) is 0 Å². The van der Waals surface area contributed by atoms with Crippen molar-refractivity contribution in [1.29, 1.82) is 0 Å². The number of aliphatic hydroxyl groups excluding tert-OH is 1. The molecule has 2 rings (SSSR count). The maximum Gasteiger partial charge on any atom is 0.0621 e. The number of aliphatic hydroxyl groups is 1. The van der Waals surface area contributed by atoms with Crippen LogP contribution >= 0.6 is 22.6 Å². The van der Waals surface area contributed by atoms with E-state index in [9.17, 15) is 5.11 Å². The average molecular weight is 345 g/mol. The Morgan fingerprint density at radius 2 is 1.94 bits per heavy atom. The van der Waals surface area contributed by atoms with Crippen molar-refractivity contribution in [2.24, 2.45) is 5.41 Å². The van der Waals surface area contributed by atoms with Crippen molar-refractivity contribution < 1.29 is 5.11 Å². The van der Waals surface area contributed by atoms with E-state index >= 15 is 0 Å². The summed E-state index contributed by atoms with van der Waals surface area (Å²) < 4.78 is 1.26. The Labute approximate surface area is 117 Å². The van der Waals surface area contributed by atoms with Gasteiger partial charge in [-0.25, -0.2) is 0 Å². The molecule has 0 radical (unpaired) electrons. The molecule has 3 unspecified atom stereocenters. The first-order valence-corrected chi connectivity index (χ1v) is 7.18. The molecule has 1 saturated carbocycles. The van der Waals surface area contributed by atoms with Gasteiger partial charge in [-0.05, 0) is 53.6 Å². The van der Waals surface area contributed by atoms with Crippen LogP contribution in [0.4, 0.5) is 0 Å². The van der Waals surface area contributed by atoms with Crippen molar-refractivity contribution in [3.63, 3.8) is 0 Å². The molecule has 2 N–H and O–H groups in total. The lowest BCUT2D eigenvalue weighted by Crippen LogP contribution is -2.60. The van der Waals surface area contributed by atoms with Gasteiger partial charge in [-0.3, -0.25) is 0 Å².